The van der Waals surface area contributed by atoms with Crippen molar-refractivity contribution in [3.8, 4) is 6.07 Å². The number of hydrogen-bond acceptors (Lipinski definition) is 1. The van der Waals surface area contributed by atoms with Gasteiger partial charge in [0, 0.05) is 0 Å². The summed E-state index contributed by atoms with van der Waals surface area (Å²) < 4.78 is 0. The Bertz CT molecular complexity index is 337. The van der Waals surface area contributed by atoms with Gasteiger partial charge in [-0.05, 0) is 62.7 Å². The molecule has 22 heavy (non-hydrogen) atoms. The summed E-state index contributed by atoms with van der Waals surface area (Å²) in [5.41, 5.74) is 0.0443. The summed E-state index contributed by atoms with van der Waals surface area (Å²) in [5.74, 6) is 2.96. The van der Waals surface area contributed by atoms with Gasteiger partial charge in [0.1, 0.15) is 0 Å². The van der Waals surface area contributed by atoms with Gasteiger partial charge in [0.2, 0.25) is 0 Å². The van der Waals surface area contributed by atoms with E-state index in [-0.39, 0.29) is 5.41 Å². The highest BCUT2D eigenvalue weighted by atomic mass is 14.4. The fourth-order valence-electron chi connectivity index (χ4n) is 5.19. The lowest BCUT2D eigenvalue weighted by Gasteiger charge is -2.40. The normalized spacial score (nSPS) is 36.0. The quantitative estimate of drug-likeness (QED) is 0.470. The Hall–Kier alpha value is -0.510. The van der Waals surface area contributed by atoms with E-state index in [1.54, 1.807) is 0 Å². The first-order valence-electron chi connectivity index (χ1n) is 10.1. The lowest BCUT2D eigenvalue weighted by molar-refractivity contribution is 0.115. The molecule has 2 aliphatic rings. The lowest BCUT2D eigenvalue weighted by atomic mass is 9.63. The van der Waals surface area contributed by atoms with Crippen LogP contribution in [0.25, 0.3) is 0 Å². The summed E-state index contributed by atoms with van der Waals surface area (Å²) in [5, 5.41) is 9.56. The van der Waals surface area contributed by atoms with Crippen LogP contribution in [0.4, 0.5) is 0 Å². The fraction of sp³-hybridized carbons (Fsp3) is 0.952. The third kappa shape index (κ3) is 4.74. The number of rotatable bonds is 7. The minimum atomic E-state index is 0.0443. The first kappa shape index (κ1) is 17.8. The third-order valence-electron chi connectivity index (χ3n) is 6.73. The van der Waals surface area contributed by atoms with Gasteiger partial charge in [-0.1, -0.05) is 58.8 Å². The fourth-order valence-corrected chi connectivity index (χ4v) is 5.19. The van der Waals surface area contributed by atoms with E-state index in [1.807, 2.05) is 0 Å². The van der Waals surface area contributed by atoms with Crippen LogP contribution in [0.5, 0.6) is 0 Å². The maximum Gasteiger partial charge on any atom is 0.0689 e. The van der Waals surface area contributed by atoms with E-state index in [2.05, 4.69) is 19.9 Å². The molecule has 2 aliphatic carbocycles. The van der Waals surface area contributed by atoms with Crippen molar-refractivity contribution in [2.24, 2.45) is 23.2 Å². The highest BCUT2D eigenvalue weighted by Gasteiger charge is 2.37. The van der Waals surface area contributed by atoms with E-state index in [1.165, 1.54) is 83.5 Å². The summed E-state index contributed by atoms with van der Waals surface area (Å²) >= 11 is 0. The van der Waals surface area contributed by atoms with E-state index in [4.69, 9.17) is 0 Å². The average Bonchev–Trinajstić information content (AvgIpc) is 2.57. The molecule has 0 saturated heterocycles. The van der Waals surface area contributed by atoms with Crippen molar-refractivity contribution in [1.29, 1.82) is 5.26 Å². The summed E-state index contributed by atoms with van der Waals surface area (Å²) in [6.07, 6.45) is 19.0. The van der Waals surface area contributed by atoms with Gasteiger partial charge in [-0.25, -0.2) is 0 Å². The molecule has 0 spiro atoms. The van der Waals surface area contributed by atoms with Crippen LogP contribution >= 0.6 is 0 Å². The van der Waals surface area contributed by atoms with E-state index in [9.17, 15) is 5.26 Å². The van der Waals surface area contributed by atoms with Gasteiger partial charge in [-0.3, -0.25) is 0 Å². The van der Waals surface area contributed by atoms with Crippen molar-refractivity contribution < 1.29 is 0 Å². The Morgan fingerprint density at radius 3 is 2.05 bits per heavy atom. The molecule has 0 aromatic carbocycles. The molecule has 0 aromatic rings. The van der Waals surface area contributed by atoms with Crippen LogP contribution < -0.4 is 0 Å². The summed E-state index contributed by atoms with van der Waals surface area (Å²) in [4.78, 5) is 0. The number of nitriles is 1. The molecule has 0 heterocycles. The number of hydrogen-bond donors (Lipinski definition) is 0. The first-order chi connectivity index (χ1) is 10.7. The zero-order valence-corrected chi connectivity index (χ0v) is 15.1. The Kier molecular flexibility index (Phi) is 7.26. The second-order valence-corrected chi connectivity index (χ2v) is 8.26. The van der Waals surface area contributed by atoms with Gasteiger partial charge in [-0.2, -0.15) is 5.26 Å². The van der Waals surface area contributed by atoms with Crippen molar-refractivity contribution in [1.82, 2.24) is 0 Å². The van der Waals surface area contributed by atoms with Crippen LogP contribution in [0.1, 0.15) is 104 Å². The lowest BCUT2D eigenvalue weighted by Crippen LogP contribution is -2.31. The standard InChI is InChI=1S/C21H37N/c1-3-5-6-7-18-8-10-19(11-9-18)20-12-15-21(17-22,14-4-2)16-13-20/h18-20H,3-16H2,1-2H3/t18?,19?,20-,21+. The average molecular weight is 304 g/mol. The molecular formula is C21H37N. The molecule has 2 fully saturated rings. The molecule has 1 heteroatoms. The number of unbranched alkanes of at least 4 members (excludes halogenated alkanes) is 2. The van der Waals surface area contributed by atoms with Gasteiger partial charge in [0.25, 0.3) is 0 Å². The van der Waals surface area contributed by atoms with E-state index < -0.39 is 0 Å². The van der Waals surface area contributed by atoms with Gasteiger partial charge >= 0.3 is 0 Å². The number of nitrogens with zero attached hydrogens (tertiary/aromatic N) is 1. The third-order valence-corrected chi connectivity index (χ3v) is 6.73. The van der Waals surface area contributed by atoms with Crippen molar-refractivity contribution in [2.45, 2.75) is 104 Å². The summed E-state index contributed by atoms with van der Waals surface area (Å²) in [6.45, 7) is 4.53. The molecule has 0 atom stereocenters. The molecule has 0 amide bonds. The zero-order valence-electron chi connectivity index (χ0n) is 15.1. The van der Waals surface area contributed by atoms with Crippen molar-refractivity contribution >= 4 is 0 Å². The zero-order chi connectivity index (χ0) is 15.8. The van der Waals surface area contributed by atoms with E-state index >= 15 is 0 Å². The molecule has 2 rings (SSSR count). The predicted octanol–water partition coefficient (Wildman–Crippen LogP) is 6.87. The molecule has 0 N–H and O–H groups in total. The molecule has 126 valence electrons. The molecule has 2 saturated carbocycles. The van der Waals surface area contributed by atoms with Crippen LogP contribution in [-0.4, -0.2) is 0 Å². The Morgan fingerprint density at radius 2 is 1.50 bits per heavy atom. The second-order valence-electron chi connectivity index (χ2n) is 8.26. The van der Waals surface area contributed by atoms with Gasteiger partial charge in [0.15, 0.2) is 0 Å². The molecule has 0 unspecified atom stereocenters. The maximum atomic E-state index is 9.56. The highest BCUT2D eigenvalue weighted by molar-refractivity contribution is 5.02. The molecule has 0 aromatic heterocycles. The first-order valence-corrected chi connectivity index (χ1v) is 10.1. The Morgan fingerprint density at radius 1 is 0.864 bits per heavy atom. The molecule has 1 nitrogen and oxygen atoms in total. The van der Waals surface area contributed by atoms with Gasteiger partial charge < -0.3 is 0 Å². The summed E-state index contributed by atoms with van der Waals surface area (Å²) in [6, 6.07) is 2.68. The van der Waals surface area contributed by atoms with Crippen molar-refractivity contribution in [3.05, 3.63) is 0 Å². The van der Waals surface area contributed by atoms with Crippen molar-refractivity contribution in [3.63, 3.8) is 0 Å². The largest absolute Gasteiger partial charge is 0.198 e. The minimum Gasteiger partial charge on any atom is -0.198 e. The van der Waals surface area contributed by atoms with Crippen LogP contribution in [0.2, 0.25) is 0 Å². The van der Waals surface area contributed by atoms with E-state index in [0.717, 1.165) is 24.2 Å². The smallest absolute Gasteiger partial charge is 0.0689 e. The SMILES string of the molecule is CCCCCC1CCC([C@H]2CC[C@](C#N)(CCC)CC2)CC1. The molecule has 0 bridgehead atoms. The van der Waals surface area contributed by atoms with Crippen molar-refractivity contribution in [2.75, 3.05) is 0 Å². The van der Waals surface area contributed by atoms with Crippen LogP contribution in [-0.2, 0) is 0 Å². The maximum absolute atomic E-state index is 9.56. The highest BCUT2D eigenvalue weighted by Crippen LogP contribution is 2.47. The van der Waals surface area contributed by atoms with Crippen LogP contribution in [0, 0.1) is 34.5 Å². The van der Waals surface area contributed by atoms with Gasteiger partial charge in [0.05, 0.1) is 11.5 Å². The molecular weight excluding hydrogens is 266 g/mol. The summed E-state index contributed by atoms with van der Waals surface area (Å²) in [7, 11) is 0. The minimum absolute atomic E-state index is 0.0443. The topological polar surface area (TPSA) is 23.8 Å². The van der Waals surface area contributed by atoms with Crippen LogP contribution in [0.3, 0.4) is 0 Å². The molecule has 0 radical (unpaired) electrons. The molecule has 0 aliphatic heterocycles. The second kappa shape index (κ2) is 8.95. The Balaban J connectivity index is 1.71. The van der Waals surface area contributed by atoms with E-state index in [0.29, 0.717) is 0 Å². The van der Waals surface area contributed by atoms with Gasteiger partial charge in [-0.15, -0.1) is 0 Å². The predicted molar refractivity (Wildman–Crippen MR) is 94.5 cm³/mol. The monoisotopic (exact) mass is 303 g/mol. The van der Waals surface area contributed by atoms with Crippen LogP contribution in [0.15, 0.2) is 0 Å². The Labute approximate surface area is 138 Å².